The fourth-order valence-electron chi connectivity index (χ4n) is 2.56. The second-order valence-electron chi connectivity index (χ2n) is 5.72. The third-order valence-electron chi connectivity index (χ3n) is 3.90. The predicted molar refractivity (Wildman–Crippen MR) is 92.0 cm³/mol. The number of likely N-dealkylation sites (N-methyl/N-ethyl adjacent to an activating group) is 1. The molecular weight excluding hydrogens is 329 g/mol. The molecule has 0 heterocycles. The number of hydrogen-bond donors (Lipinski definition) is 2. The lowest BCUT2D eigenvalue weighted by Gasteiger charge is -2.16. The Hall–Kier alpha value is -2.34. The first-order valence-corrected chi connectivity index (χ1v) is 8.09. The number of carbonyl (C=O) groups excluding carboxylic acids is 1. The van der Waals surface area contributed by atoms with Crippen LogP contribution in [0.1, 0.15) is 31.0 Å². The number of halogens is 3. The molecule has 1 amide bonds. The first-order chi connectivity index (χ1) is 11.8. The summed E-state index contributed by atoms with van der Waals surface area (Å²) >= 11 is 0. The number of carbonyl (C=O) groups is 1. The first kappa shape index (κ1) is 19.0. The monoisotopic (exact) mass is 350 g/mol. The maximum absolute atomic E-state index is 13.1. The van der Waals surface area contributed by atoms with E-state index in [4.69, 9.17) is 0 Å². The summed E-state index contributed by atoms with van der Waals surface area (Å²) in [6, 6.07) is 12.3. The Kier molecular flexibility index (Phi) is 6.20. The number of hydrogen-bond acceptors (Lipinski definition) is 2. The van der Waals surface area contributed by atoms with Crippen LogP contribution in [0.4, 0.5) is 13.2 Å². The zero-order chi connectivity index (χ0) is 18.4. The highest BCUT2D eigenvalue weighted by molar-refractivity contribution is 5.78. The summed E-state index contributed by atoms with van der Waals surface area (Å²) < 4.78 is 39.4. The van der Waals surface area contributed by atoms with E-state index in [1.54, 1.807) is 30.3 Å². The number of alkyl halides is 3. The molecule has 0 saturated heterocycles. The molecule has 0 aliphatic carbocycles. The molecule has 25 heavy (non-hydrogen) atoms. The van der Waals surface area contributed by atoms with Gasteiger partial charge in [0.1, 0.15) is 0 Å². The smallest absolute Gasteiger partial charge is 0.355 e. The van der Waals surface area contributed by atoms with E-state index in [-0.39, 0.29) is 24.1 Å². The number of amides is 1. The second-order valence-corrected chi connectivity index (χ2v) is 5.72. The molecule has 0 spiro atoms. The minimum Gasteiger partial charge on any atom is -0.355 e. The molecule has 0 aromatic heterocycles. The van der Waals surface area contributed by atoms with Gasteiger partial charge in [-0.1, -0.05) is 42.5 Å². The van der Waals surface area contributed by atoms with Crippen LogP contribution in [0.25, 0.3) is 11.1 Å². The van der Waals surface area contributed by atoms with Gasteiger partial charge < -0.3 is 10.6 Å². The Morgan fingerprint density at radius 3 is 2.32 bits per heavy atom. The maximum Gasteiger partial charge on any atom is 0.417 e. The maximum atomic E-state index is 13.1. The zero-order valence-corrected chi connectivity index (χ0v) is 14.2. The molecule has 0 aliphatic rings. The molecule has 0 radical (unpaired) electrons. The van der Waals surface area contributed by atoms with Gasteiger partial charge in [0.15, 0.2) is 0 Å². The van der Waals surface area contributed by atoms with Crippen LogP contribution in [0.15, 0.2) is 48.5 Å². The first-order valence-electron chi connectivity index (χ1n) is 8.09. The van der Waals surface area contributed by atoms with Gasteiger partial charge in [-0.05, 0) is 36.6 Å². The van der Waals surface area contributed by atoms with E-state index in [0.717, 1.165) is 11.6 Å². The Balaban J connectivity index is 2.14. The Morgan fingerprint density at radius 2 is 1.72 bits per heavy atom. The van der Waals surface area contributed by atoms with Gasteiger partial charge in [0, 0.05) is 12.6 Å². The van der Waals surface area contributed by atoms with Crippen molar-refractivity contribution in [3.63, 3.8) is 0 Å². The lowest BCUT2D eigenvalue weighted by molar-refractivity contribution is -0.137. The molecule has 2 aromatic carbocycles. The van der Waals surface area contributed by atoms with Gasteiger partial charge in [0.05, 0.1) is 12.1 Å². The molecule has 134 valence electrons. The van der Waals surface area contributed by atoms with Crippen LogP contribution in [0.5, 0.6) is 0 Å². The molecule has 3 nitrogen and oxygen atoms in total. The lowest BCUT2D eigenvalue weighted by Crippen LogP contribution is -2.34. The van der Waals surface area contributed by atoms with E-state index in [1.165, 1.54) is 12.1 Å². The second kappa shape index (κ2) is 8.16. The van der Waals surface area contributed by atoms with Crippen LogP contribution in [0, 0.1) is 0 Å². The summed E-state index contributed by atoms with van der Waals surface area (Å²) in [6.07, 6.45) is -4.39. The van der Waals surface area contributed by atoms with E-state index in [2.05, 4.69) is 10.6 Å². The Bertz CT molecular complexity index is 711. The molecule has 1 atom stereocenters. The van der Waals surface area contributed by atoms with Crippen molar-refractivity contribution in [3.8, 4) is 11.1 Å². The van der Waals surface area contributed by atoms with Gasteiger partial charge in [-0.3, -0.25) is 4.79 Å². The molecule has 0 fully saturated rings. The summed E-state index contributed by atoms with van der Waals surface area (Å²) in [5.74, 6) is -0.0925. The van der Waals surface area contributed by atoms with Gasteiger partial charge in [0.25, 0.3) is 0 Å². The fraction of sp³-hybridized carbons (Fsp3) is 0.316. The van der Waals surface area contributed by atoms with E-state index in [0.29, 0.717) is 12.1 Å². The number of nitrogens with one attached hydrogen (secondary N) is 2. The van der Waals surface area contributed by atoms with Crippen molar-refractivity contribution in [2.75, 3.05) is 13.1 Å². The van der Waals surface area contributed by atoms with Crippen molar-refractivity contribution in [3.05, 3.63) is 59.7 Å². The highest BCUT2D eigenvalue weighted by Crippen LogP contribution is 2.37. The Labute approximate surface area is 145 Å². The standard InChI is InChI=1S/C19H21F3N2O/c1-3-23-18(25)12-24-13(2)14-8-10-15(11-9-14)16-6-4-5-7-17(16)19(20,21)22/h4-11,13,24H,3,12H2,1-2H3,(H,23,25). The van der Waals surface area contributed by atoms with E-state index in [1.807, 2.05) is 13.8 Å². The van der Waals surface area contributed by atoms with E-state index >= 15 is 0 Å². The number of benzene rings is 2. The summed E-state index contributed by atoms with van der Waals surface area (Å²) in [7, 11) is 0. The molecule has 2 rings (SSSR count). The van der Waals surface area contributed by atoms with Gasteiger partial charge in [0.2, 0.25) is 5.91 Å². The summed E-state index contributed by atoms with van der Waals surface area (Å²) in [4.78, 5) is 11.5. The molecule has 0 saturated carbocycles. The average molecular weight is 350 g/mol. The summed E-state index contributed by atoms with van der Waals surface area (Å²) in [6.45, 7) is 4.51. The fourth-order valence-corrected chi connectivity index (χ4v) is 2.56. The predicted octanol–water partition coefficient (Wildman–Crippen LogP) is 4.16. The van der Waals surface area contributed by atoms with Gasteiger partial charge in [-0.2, -0.15) is 13.2 Å². The quantitative estimate of drug-likeness (QED) is 0.821. The van der Waals surface area contributed by atoms with Crippen molar-refractivity contribution < 1.29 is 18.0 Å². The van der Waals surface area contributed by atoms with Crippen LogP contribution in [-0.2, 0) is 11.0 Å². The SMILES string of the molecule is CCNC(=O)CNC(C)c1ccc(-c2ccccc2C(F)(F)F)cc1. The molecular formula is C19H21F3N2O. The molecule has 6 heteroatoms. The summed E-state index contributed by atoms with van der Waals surface area (Å²) in [5, 5.41) is 5.78. The number of rotatable bonds is 6. The zero-order valence-electron chi connectivity index (χ0n) is 14.2. The summed E-state index contributed by atoms with van der Waals surface area (Å²) in [5.41, 5.74) is 0.916. The Morgan fingerprint density at radius 1 is 1.08 bits per heavy atom. The van der Waals surface area contributed by atoms with Crippen LogP contribution in [0.3, 0.4) is 0 Å². The van der Waals surface area contributed by atoms with Crippen LogP contribution < -0.4 is 10.6 Å². The minimum absolute atomic E-state index is 0.0884. The van der Waals surface area contributed by atoms with E-state index < -0.39 is 11.7 Å². The topological polar surface area (TPSA) is 41.1 Å². The molecule has 2 aromatic rings. The van der Waals surface area contributed by atoms with Crippen LogP contribution >= 0.6 is 0 Å². The van der Waals surface area contributed by atoms with Crippen molar-refractivity contribution in [1.29, 1.82) is 0 Å². The van der Waals surface area contributed by atoms with Crippen molar-refractivity contribution in [2.45, 2.75) is 26.1 Å². The lowest BCUT2D eigenvalue weighted by atomic mass is 9.97. The highest BCUT2D eigenvalue weighted by atomic mass is 19.4. The van der Waals surface area contributed by atoms with Crippen molar-refractivity contribution in [1.82, 2.24) is 10.6 Å². The molecule has 1 unspecified atom stereocenters. The van der Waals surface area contributed by atoms with Crippen molar-refractivity contribution in [2.24, 2.45) is 0 Å². The van der Waals surface area contributed by atoms with E-state index in [9.17, 15) is 18.0 Å². The van der Waals surface area contributed by atoms with Crippen molar-refractivity contribution >= 4 is 5.91 Å². The van der Waals surface area contributed by atoms with Gasteiger partial charge >= 0.3 is 6.18 Å². The molecule has 0 bridgehead atoms. The van der Waals surface area contributed by atoms with Crippen LogP contribution in [0.2, 0.25) is 0 Å². The minimum atomic E-state index is -4.39. The molecule has 0 aliphatic heterocycles. The van der Waals surface area contributed by atoms with Gasteiger partial charge in [-0.25, -0.2) is 0 Å². The third kappa shape index (κ3) is 5.06. The van der Waals surface area contributed by atoms with Gasteiger partial charge in [-0.15, -0.1) is 0 Å². The molecule has 2 N–H and O–H groups in total. The van der Waals surface area contributed by atoms with Crippen LogP contribution in [-0.4, -0.2) is 19.0 Å². The normalized spacial score (nSPS) is 12.7. The third-order valence-corrected chi connectivity index (χ3v) is 3.90. The average Bonchev–Trinajstić information content (AvgIpc) is 2.59. The largest absolute Gasteiger partial charge is 0.417 e. The highest BCUT2D eigenvalue weighted by Gasteiger charge is 2.33.